The van der Waals surface area contributed by atoms with Crippen LogP contribution in [-0.2, 0) is 0 Å². The molecule has 0 bridgehead atoms. The zero-order valence-corrected chi connectivity index (χ0v) is 13.2. The molecule has 116 valence electrons. The number of carbonyl (C=O) groups excluding carboxylic acids is 1. The van der Waals surface area contributed by atoms with Gasteiger partial charge in [-0.1, -0.05) is 6.92 Å². The van der Waals surface area contributed by atoms with Gasteiger partial charge in [0.15, 0.2) is 0 Å². The molecule has 21 heavy (non-hydrogen) atoms. The second-order valence-corrected chi connectivity index (χ2v) is 5.81. The molecule has 1 aromatic carbocycles. The molecule has 0 aromatic heterocycles. The summed E-state index contributed by atoms with van der Waals surface area (Å²) >= 11 is 0. The van der Waals surface area contributed by atoms with Gasteiger partial charge >= 0.3 is 0 Å². The summed E-state index contributed by atoms with van der Waals surface area (Å²) in [5, 5.41) is 6.35. The van der Waals surface area contributed by atoms with Crippen LogP contribution in [0.2, 0.25) is 0 Å². The smallest absolute Gasteiger partial charge is 0.251 e. The van der Waals surface area contributed by atoms with E-state index in [-0.39, 0.29) is 5.91 Å². The number of hydrogen-bond acceptors (Lipinski definition) is 3. The summed E-state index contributed by atoms with van der Waals surface area (Å²) in [6.07, 6.45) is 3.66. The highest BCUT2D eigenvalue weighted by atomic mass is 16.1. The van der Waals surface area contributed by atoms with Gasteiger partial charge in [-0.2, -0.15) is 0 Å². The largest absolute Gasteiger partial charge is 0.385 e. The molecule has 1 aliphatic rings. The lowest BCUT2D eigenvalue weighted by Gasteiger charge is -2.23. The summed E-state index contributed by atoms with van der Waals surface area (Å²) in [6.45, 7) is 8.32. The summed E-state index contributed by atoms with van der Waals surface area (Å²) in [5.41, 5.74) is 1.80. The predicted molar refractivity (Wildman–Crippen MR) is 87.8 cm³/mol. The van der Waals surface area contributed by atoms with E-state index in [0.29, 0.717) is 12.6 Å². The minimum absolute atomic E-state index is 0.0167. The highest BCUT2D eigenvalue weighted by Gasteiger charge is 2.18. The van der Waals surface area contributed by atoms with Gasteiger partial charge in [-0.25, -0.2) is 0 Å². The molecular formula is C17H27N3O. The maximum Gasteiger partial charge on any atom is 0.251 e. The van der Waals surface area contributed by atoms with E-state index in [1.54, 1.807) is 0 Å². The summed E-state index contributed by atoms with van der Waals surface area (Å²) in [7, 11) is 0. The quantitative estimate of drug-likeness (QED) is 0.811. The van der Waals surface area contributed by atoms with Crippen molar-refractivity contribution in [1.82, 2.24) is 10.2 Å². The average Bonchev–Trinajstić information content (AvgIpc) is 3.05. The SMILES string of the molecule is CCCNc1ccc(C(=O)NCC(C)N2CCCC2)cc1. The fourth-order valence-corrected chi connectivity index (χ4v) is 2.66. The van der Waals surface area contributed by atoms with Crippen molar-refractivity contribution in [1.29, 1.82) is 0 Å². The molecule has 1 saturated heterocycles. The van der Waals surface area contributed by atoms with E-state index in [2.05, 4.69) is 29.4 Å². The van der Waals surface area contributed by atoms with Crippen LogP contribution in [0.5, 0.6) is 0 Å². The fourth-order valence-electron chi connectivity index (χ4n) is 2.66. The number of benzene rings is 1. The number of rotatable bonds is 7. The molecule has 0 spiro atoms. The fraction of sp³-hybridized carbons (Fsp3) is 0.588. The summed E-state index contributed by atoms with van der Waals surface area (Å²) in [5.74, 6) is 0.0167. The third kappa shape index (κ3) is 4.74. The van der Waals surface area contributed by atoms with Crippen LogP contribution >= 0.6 is 0 Å². The highest BCUT2D eigenvalue weighted by Crippen LogP contribution is 2.12. The van der Waals surface area contributed by atoms with E-state index in [0.717, 1.165) is 37.3 Å². The first kappa shape index (κ1) is 15.8. The van der Waals surface area contributed by atoms with Crippen LogP contribution in [0.4, 0.5) is 5.69 Å². The van der Waals surface area contributed by atoms with Gasteiger partial charge in [0.2, 0.25) is 0 Å². The maximum absolute atomic E-state index is 12.1. The van der Waals surface area contributed by atoms with Gasteiger partial charge in [-0.05, 0) is 63.5 Å². The predicted octanol–water partition coefficient (Wildman–Crippen LogP) is 2.72. The first-order chi connectivity index (χ1) is 10.2. The van der Waals surface area contributed by atoms with Crippen LogP contribution in [0.15, 0.2) is 24.3 Å². The van der Waals surface area contributed by atoms with Crippen molar-refractivity contribution in [3.05, 3.63) is 29.8 Å². The Morgan fingerprint density at radius 3 is 2.52 bits per heavy atom. The average molecular weight is 289 g/mol. The van der Waals surface area contributed by atoms with Crippen LogP contribution in [0.3, 0.4) is 0 Å². The number of nitrogens with one attached hydrogen (secondary N) is 2. The lowest BCUT2D eigenvalue weighted by atomic mass is 10.2. The van der Waals surface area contributed by atoms with Gasteiger partial charge in [0.05, 0.1) is 0 Å². The van der Waals surface area contributed by atoms with Crippen molar-refractivity contribution in [3.63, 3.8) is 0 Å². The first-order valence-electron chi connectivity index (χ1n) is 8.07. The van der Waals surface area contributed by atoms with Crippen LogP contribution in [-0.4, -0.2) is 43.0 Å². The zero-order chi connectivity index (χ0) is 15.1. The number of amides is 1. The van der Waals surface area contributed by atoms with Crippen LogP contribution in [0, 0.1) is 0 Å². The molecule has 4 heteroatoms. The summed E-state index contributed by atoms with van der Waals surface area (Å²) in [6, 6.07) is 8.12. The Morgan fingerprint density at radius 1 is 1.24 bits per heavy atom. The van der Waals surface area contributed by atoms with Crippen molar-refractivity contribution in [2.24, 2.45) is 0 Å². The maximum atomic E-state index is 12.1. The van der Waals surface area contributed by atoms with Gasteiger partial charge in [0, 0.05) is 30.4 Å². The topological polar surface area (TPSA) is 44.4 Å². The molecule has 1 amide bonds. The van der Waals surface area contributed by atoms with Crippen molar-refractivity contribution >= 4 is 11.6 Å². The molecule has 1 atom stereocenters. The Balaban J connectivity index is 1.79. The molecule has 1 unspecified atom stereocenters. The van der Waals surface area contributed by atoms with Crippen molar-refractivity contribution in [3.8, 4) is 0 Å². The normalized spacial score (nSPS) is 16.7. The molecule has 1 aromatic rings. The minimum Gasteiger partial charge on any atom is -0.385 e. The van der Waals surface area contributed by atoms with Crippen LogP contribution in [0.1, 0.15) is 43.5 Å². The molecule has 1 fully saturated rings. The zero-order valence-electron chi connectivity index (χ0n) is 13.2. The number of nitrogens with zero attached hydrogens (tertiary/aromatic N) is 1. The van der Waals surface area contributed by atoms with Crippen molar-refractivity contribution in [2.45, 2.75) is 39.2 Å². The number of carbonyl (C=O) groups is 1. The number of likely N-dealkylation sites (tertiary alicyclic amines) is 1. The van der Waals surface area contributed by atoms with Crippen molar-refractivity contribution < 1.29 is 4.79 Å². The Kier molecular flexibility index (Phi) is 6.05. The Bertz CT molecular complexity index is 438. The van der Waals surface area contributed by atoms with Crippen LogP contribution in [0.25, 0.3) is 0 Å². The number of anilines is 1. The standard InChI is InChI=1S/C17H27N3O/c1-3-10-18-16-8-6-15(7-9-16)17(21)19-13-14(2)20-11-4-5-12-20/h6-9,14,18H,3-5,10-13H2,1-2H3,(H,19,21). The summed E-state index contributed by atoms with van der Waals surface area (Å²) < 4.78 is 0. The Morgan fingerprint density at radius 2 is 1.90 bits per heavy atom. The monoisotopic (exact) mass is 289 g/mol. The van der Waals surface area contributed by atoms with E-state index in [1.807, 2.05) is 24.3 Å². The molecule has 1 aliphatic heterocycles. The molecule has 0 aliphatic carbocycles. The molecule has 1 heterocycles. The Labute approximate surface area is 127 Å². The molecule has 0 radical (unpaired) electrons. The van der Waals surface area contributed by atoms with E-state index in [9.17, 15) is 4.79 Å². The van der Waals surface area contributed by atoms with E-state index >= 15 is 0 Å². The molecule has 4 nitrogen and oxygen atoms in total. The van der Waals surface area contributed by atoms with Crippen LogP contribution < -0.4 is 10.6 Å². The van der Waals surface area contributed by atoms with E-state index in [4.69, 9.17) is 0 Å². The minimum atomic E-state index is 0.0167. The molecular weight excluding hydrogens is 262 g/mol. The van der Waals surface area contributed by atoms with E-state index < -0.39 is 0 Å². The molecule has 2 rings (SSSR count). The van der Waals surface area contributed by atoms with Gasteiger partial charge in [-0.15, -0.1) is 0 Å². The third-order valence-corrected chi connectivity index (χ3v) is 4.05. The molecule has 0 saturated carbocycles. The van der Waals surface area contributed by atoms with Crippen molar-refractivity contribution in [2.75, 3.05) is 31.5 Å². The lowest BCUT2D eigenvalue weighted by Crippen LogP contribution is -2.40. The van der Waals surface area contributed by atoms with Gasteiger partial charge in [0.1, 0.15) is 0 Å². The van der Waals surface area contributed by atoms with Gasteiger partial charge in [-0.3, -0.25) is 9.69 Å². The second kappa shape index (κ2) is 8.03. The second-order valence-electron chi connectivity index (χ2n) is 5.81. The summed E-state index contributed by atoms with van der Waals surface area (Å²) in [4.78, 5) is 14.6. The van der Waals surface area contributed by atoms with E-state index in [1.165, 1.54) is 12.8 Å². The van der Waals surface area contributed by atoms with Gasteiger partial charge in [0.25, 0.3) is 5.91 Å². The Hall–Kier alpha value is -1.55. The third-order valence-electron chi connectivity index (χ3n) is 4.05. The lowest BCUT2D eigenvalue weighted by molar-refractivity contribution is 0.0940. The highest BCUT2D eigenvalue weighted by molar-refractivity contribution is 5.94. The number of hydrogen-bond donors (Lipinski definition) is 2. The first-order valence-corrected chi connectivity index (χ1v) is 8.07. The van der Waals surface area contributed by atoms with Gasteiger partial charge < -0.3 is 10.6 Å². The molecule has 2 N–H and O–H groups in total.